The van der Waals surface area contributed by atoms with Crippen LogP contribution in [0.15, 0.2) is 17.5 Å². The molecule has 19 heavy (non-hydrogen) atoms. The van der Waals surface area contributed by atoms with Crippen LogP contribution in [0.4, 0.5) is 0 Å². The molecule has 0 spiro atoms. The zero-order valence-corrected chi connectivity index (χ0v) is 12.9. The Morgan fingerprint density at radius 2 is 2.26 bits per heavy atom. The van der Waals surface area contributed by atoms with E-state index in [4.69, 9.17) is 4.98 Å². The number of nitrogens with zero attached hydrogens (tertiary/aromatic N) is 1. The molecule has 2 aromatic heterocycles. The van der Waals surface area contributed by atoms with Crippen molar-refractivity contribution in [2.24, 2.45) is 0 Å². The van der Waals surface area contributed by atoms with E-state index in [9.17, 15) is 0 Å². The minimum Gasteiger partial charge on any atom is -0.304 e. The molecule has 2 aromatic rings. The Bertz CT molecular complexity index is 493. The summed E-state index contributed by atoms with van der Waals surface area (Å²) >= 11 is 3.75. The predicted octanol–water partition coefficient (Wildman–Crippen LogP) is 4.17. The van der Waals surface area contributed by atoms with Crippen LogP contribution in [0.1, 0.15) is 52.7 Å². The highest BCUT2D eigenvalue weighted by Gasteiger charge is 2.22. The lowest BCUT2D eigenvalue weighted by molar-refractivity contribution is 0.599. The van der Waals surface area contributed by atoms with Crippen LogP contribution < -0.4 is 5.32 Å². The Labute approximate surface area is 122 Å². The van der Waals surface area contributed by atoms with Gasteiger partial charge in [0.05, 0.1) is 11.7 Å². The molecule has 102 valence electrons. The Hall–Kier alpha value is -0.710. The van der Waals surface area contributed by atoms with Crippen molar-refractivity contribution >= 4 is 22.7 Å². The number of aryl methyl sites for hydroxylation is 2. The van der Waals surface area contributed by atoms with Crippen molar-refractivity contribution in [2.45, 2.75) is 45.1 Å². The lowest BCUT2D eigenvalue weighted by atomic mass is 10.0. The number of rotatable bonds is 5. The summed E-state index contributed by atoms with van der Waals surface area (Å²) in [5.41, 5.74) is 1.37. The molecule has 0 aliphatic heterocycles. The molecule has 2 nitrogen and oxygen atoms in total. The summed E-state index contributed by atoms with van der Waals surface area (Å²) in [5, 5.41) is 7.08. The maximum Gasteiger partial charge on any atom is 0.115 e. The maximum absolute atomic E-state index is 4.92. The molecule has 0 aromatic carbocycles. The molecule has 2 heterocycles. The number of fused-ring (bicyclic) bond motifs is 1. The van der Waals surface area contributed by atoms with Crippen molar-refractivity contribution in [1.82, 2.24) is 10.3 Å². The van der Waals surface area contributed by atoms with Crippen LogP contribution in [0.2, 0.25) is 0 Å². The van der Waals surface area contributed by atoms with E-state index in [1.807, 2.05) is 22.7 Å². The summed E-state index contributed by atoms with van der Waals surface area (Å²) in [6.07, 6.45) is 6.21. The fourth-order valence-corrected chi connectivity index (χ4v) is 4.67. The molecule has 1 atom stereocenters. The highest BCUT2D eigenvalue weighted by Crippen LogP contribution is 2.33. The van der Waals surface area contributed by atoms with Gasteiger partial charge in [0.1, 0.15) is 5.01 Å². The van der Waals surface area contributed by atoms with Gasteiger partial charge in [-0.05, 0) is 50.1 Å². The van der Waals surface area contributed by atoms with E-state index < -0.39 is 0 Å². The van der Waals surface area contributed by atoms with Crippen LogP contribution >= 0.6 is 22.7 Å². The zero-order chi connectivity index (χ0) is 13.1. The highest BCUT2D eigenvalue weighted by atomic mass is 32.1. The van der Waals surface area contributed by atoms with Gasteiger partial charge in [0, 0.05) is 9.75 Å². The van der Waals surface area contributed by atoms with Gasteiger partial charge in [0.2, 0.25) is 0 Å². The standard InChI is InChI=1S/C15H20N2S2/c1-2-9-16-14(13-8-5-10-18-13)15-17-11-6-3-4-7-12(11)19-15/h5,8,10,14,16H,2-4,6-7,9H2,1H3. The highest BCUT2D eigenvalue weighted by molar-refractivity contribution is 7.12. The van der Waals surface area contributed by atoms with Crippen molar-refractivity contribution in [3.8, 4) is 0 Å². The van der Waals surface area contributed by atoms with Crippen LogP contribution in [-0.2, 0) is 12.8 Å². The van der Waals surface area contributed by atoms with E-state index in [1.165, 1.54) is 46.1 Å². The van der Waals surface area contributed by atoms with Gasteiger partial charge < -0.3 is 5.32 Å². The van der Waals surface area contributed by atoms with Gasteiger partial charge in [0.15, 0.2) is 0 Å². The molecular formula is C15H20N2S2. The number of aromatic nitrogens is 1. The van der Waals surface area contributed by atoms with E-state index in [2.05, 4.69) is 29.8 Å². The molecule has 1 unspecified atom stereocenters. The number of thiophene rings is 1. The first-order chi connectivity index (χ1) is 9.38. The van der Waals surface area contributed by atoms with E-state index in [0.717, 1.165) is 13.0 Å². The predicted molar refractivity (Wildman–Crippen MR) is 83.2 cm³/mol. The second kappa shape index (κ2) is 6.16. The summed E-state index contributed by atoms with van der Waals surface area (Å²) < 4.78 is 0. The molecule has 4 heteroatoms. The second-order valence-corrected chi connectivity index (χ2v) is 7.13. The summed E-state index contributed by atoms with van der Waals surface area (Å²) in [7, 11) is 0. The molecule has 0 fully saturated rings. The summed E-state index contributed by atoms with van der Waals surface area (Å²) in [5.74, 6) is 0. The molecule has 0 saturated carbocycles. The number of hydrogen-bond donors (Lipinski definition) is 1. The zero-order valence-electron chi connectivity index (χ0n) is 11.3. The molecule has 1 aliphatic rings. The van der Waals surface area contributed by atoms with Gasteiger partial charge in [-0.2, -0.15) is 0 Å². The fourth-order valence-electron chi connectivity index (χ4n) is 2.55. The summed E-state index contributed by atoms with van der Waals surface area (Å²) in [4.78, 5) is 7.84. The molecule has 3 rings (SSSR count). The van der Waals surface area contributed by atoms with Crippen LogP contribution in [-0.4, -0.2) is 11.5 Å². The minimum atomic E-state index is 0.301. The third-order valence-electron chi connectivity index (χ3n) is 3.54. The van der Waals surface area contributed by atoms with Crippen LogP contribution in [0.5, 0.6) is 0 Å². The fraction of sp³-hybridized carbons (Fsp3) is 0.533. The third kappa shape index (κ3) is 2.91. The lowest BCUT2D eigenvalue weighted by Gasteiger charge is -2.14. The molecular weight excluding hydrogens is 272 g/mol. The van der Waals surface area contributed by atoms with E-state index in [-0.39, 0.29) is 0 Å². The smallest absolute Gasteiger partial charge is 0.115 e. The number of hydrogen-bond acceptors (Lipinski definition) is 4. The largest absolute Gasteiger partial charge is 0.304 e. The Morgan fingerprint density at radius 3 is 3.00 bits per heavy atom. The molecule has 1 N–H and O–H groups in total. The van der Waals surface area contributed by atoms with Gasteiger partial charge in [-0.1, -0.05) is 13.0 Å². The monoisotopic (exact) mass is 292 g/mol. The Balaban J connectivity index is 1.88. The number of nitrogens with one attached hydrogen (secondary N) is 1. The first kappa shape index (κ1) is 13.3. The van der Waals surface area contributed by atoms with Gasteiger partial charge in [-0.15, -0.1) is 22.7 Å². The lowest BCUT2D eigenvalue weighted by Crippen LogP contribution is -2.22. The normalized spacial score (nSPS) is 16.3. The van der Waals surface area contributed by atoms with Gasteiger partial charge in [-0.3, -0.25) is 0 Å². The van der Waals surface area contributed by atoms with Gasteiger partial charge in [0.25, 0.3) is 0 Å². The average Bonchev–Trinajstić information content (AvgIpc) is 3.08. The van der Waals surface area contributed by atoms with Crippen molar-refractivity contribution in [1.29, 1.82) is 0 Å². The molecule has 0 radical (unpaired) electrons. The van der Waals surface area contributed by atoms with E-state index in [0.29, 0.717) is 6.04 Å². The van der Waals surface area contributed by atoms with Crippen molar-refractivity contribution in [2.75, 3.05) is 6.54 Å². The summed E-state index contributed by atoms with van der Waals surface area (Å²) in [6.45, 7) is 3.26. The summed E-state index contributed by atoms with van der Waals surface area (Å²) in [6, 6.07) is 4.66. The minimum absolute atomic E-state index is 0.301. The van der Waals surface area contributed by atoms with Gasteiger partial charge in [-0.25, -0.2) is 4.98 Å². The van der Waals surface area contributed by atoms with E-state index in [1.54, 1.807) is 0 Å². The Kier molecular flexibility index (Phi) is 4.31. The van der Waals surface area contributed by atoms with Crippen molar-refractivity contribution in [3.63, 3.8) is 0 Å². The molecule has 1 aliphatic carbocycles. The van der Waals surface area contributed by atoms with Crippen LogP contribution in [0.25, 0.3) is 0 Å². The van der Waals surface area contributed by atoms with Gasteiger partial charge >= 0.3 is 0 Å². The maximum atomic E-state index is 4.92. The quantitative estimate of drug-likeness (QED) is 0.894. The van der Waals surface area contributed by atoms with Crippen molar-refractivity contribution in [3.05, 3.63) is 38.0 Å². The van der Waals surface area contributed by atoms with Crippen molar-refractivity contribution < 1.29 is 0 Å². The first-order valence-corrected chi connectivity index (χ1v) is 8.83. The molecule has 0 saturated heterocycles. The molecule has 0 bridgehead atoms. The van der Waals surface area contributed by atoms with E-state index >= 15 is 0 Å². The second-order valence-electron chi connectivity index (χ2n) is 5.03. The van der Waals surface area contributed by atoms with Crippen LogP contribution in [0, 0.1) is 0 Å². The van der Waals surface area contributed by atoms with Crippen LogP contribution in [0.3, 0.4) is 0 Å². The first-order valence-electron chi connectivity index (χ1n) is 7.13. The molecule has 0 amide bonds. The Morgan fingerprint density at radius 1 is 1.37 bits per heavy atom. The average molecular weight is 292 g/mol. The SMILES string of the molecule is CCCNC(c1cccs1)c1nc2c(s1)CCCC2. The topological polar surface area (TPSA) is 24.9 Å². The third-order valence-corrected chi connectivity index (χ3v) is 5.69. The number of thiazole rings is 1.